The lowest BCUT2D eigenvalue weighted by Gasteiger charge is -2.22. The molecule has 0 bridgehead atoms. The van der Waals surface area contributed by atoms with Gasteiger partial charge in [0.2, 0.25) is 0 Å². The lowest BCUT2D eigenvalue weighted by Crippen LogP contribution is -2.22. The molecule has 3 nitrogen and oxygen atoms in total. The largest absolute Gasteiger partial charge is 0.329 e. The number of rotatable bonds is 3. The lowest BCUT2D eigenvalue weighted by molar-refractivity contribution is 0.572. The number of aromatic amines is 1. The fourth-order valence-corrected chi connectivity index (χ4v) is 2.28. The minimum atomic E-state index is 0.152. The maximum Gasteiger partial charge on any atom is 0.179 e. The third-order valence-corrected chi connectivity index (χ3v) is 4.52. The number of pyridine rings is 1. The Morgan fingerprint density at radius 2 is 2.24 bits per heavy atom. The van der Waals surface area contributed by atoms with Crippen LogP contribution in [0.3, 0.4) is 0 Å². The summed E-state index contributed by atoms with van der Waals surface area (Å²) in [5, 5.41) is 0. The van der Waals surface area contributed by atoms with E-state index in [9.17, 15) is 0 Å². The lowest BCUT2D eigenvalue weighted by atomic mass is 10.2. The highest BCUT2D eigenvalue weighted by Crippen LogP contribution is 2.25. The monoisotopic (exact) mass is 267 g/mol. The van der Waals surface area contributed by atoms with Gasteiger partial charge in [0.25, 0.3) is 0 Å². The van der Waals surface area contributed by atoms with Crippen LogP contribution in [0.15, 0.2) is 12.3 Å². The maximum absolute atomic E-state index is 5.39. The van der Waals surface area contributed by atoms with Gasteiger partial charge in [0.05, 0.1) is 5.52 Å². The number of hydrogen-bond donors (Lipinski definition) is 1. The zero-order valence-corrected chi connectivity index (χ0v) is 12.2. The summed E-state index contributed by atoms with van der Waals surface area (Å²) in [7, 11) is 0. The molecule has 0 saturated carbocycles. The Bertz CT molecular complexity index is 595. The highest BCUT2D eigenvalue weighted by Gasteiger charge is 2.19. The molecule has 0 atom stereocenters. The Labute approximate surface area is 111 Å². The maximum atomic E-state index is 5.39. The Morgan fingerprint density at radius 3 is 2.88 bits per heavy atom. The minimum absolute atomic E-state index is 0.152. The van der Waals surface area contributed by atoms with Crippen molar-refractivity contribution in [2.45, 2.75) is 32.1 Å². The molecule has 0 unspecified atom stereocenters. The van der Waals surface area contributed by atoms with Crippen LogP contribution in [-0.4, -0.2) is 25.5 Å². The van der Waals surface area contributed by atoms with Crippen LogP contribution in [0.4, 0.5) is 0 Å². The Morgan fingerprint density at radius 1 is 1.53 bits per heavy atom. The standard InChI is InChI=1S/C12H17N3S2/c1-8-5-6-13-10-9(8)14-11(16)15(10)7-12(2,3)17-4/h5-6H,7H2,1-4H3,(H,14,16). The van der Waals surface area contributed by atoms with Crippen molar-refractivity contribution in [1.29, 1.82) is 0 Å². The van der Waals surface area contributed by atoms with E-state index in [1.165, 1.54) is 5.56 Å². The summed E-state index contributed by atoms with van der Waals surface area (Å²) >= 11 is 7.22. The fourth-order valence-electron chi connectivity index (χ4n) is 1.77. The first-order valence-electron chi connectivity index (χ1n) is 5.54. The number of nitrogens with zero attached hydrogens (tertiary/aromatic N) is 2. The molecule has 0 amide bonds. The average molecular weight is 267 g/mol. The van der Waals surface area contributed by atoms with Gasteiger partial charge in [0, 0.05) is 17.5 Å². The summed E-state index contributed by atoms with van der Waals surface area (Å²) in [5.41, 5.74) is 3.19. The molecule has 17 heavy (non-hydrogen) atoms. The first-order chi connectivity index (χ1) is 7.94. The molecule has 0 fully saturated rings. The van der Waals surface area contributed by atoms with Crippen molar-refractivity contribution >= 4 is 35.1 Å². The van der Waals surface area contributed by atoms with Crippen molar-refractivity contribution in [2.75, 3.05) is 6.26 Å². The van der Waals surface area contributed by atoms with E-state index in [2.05, 4.69) is 41.6 Å². The SMILES string of the molecule is CSC(C)(C)Cn1c(=S)[nH]c2c(C)ccnc21. The van der Waals surface area contributed by atoms with Gasteiger partial charge in [-0.3, -0.25) is 0 Å². The predicted octanol–water partition coefficient (Wildman–Crippen LogP) is 3.54. The van der Waals surface area contributed by atoms with E-state index in [-0.39, 0.29) is 4.75 Å². The molecule has 1 N–H and O–H groups in total. The zero-order valence-electron chi connectivity index (χ0n) is 10.6. The molecular formula is C12H17N3S2. The minimum Gasteiger partial charge on any atom is -0.329 e. The Hall–Kier alpha value is -0.810. The molecule has 0 aliphatic rings. The van der Waals surface area contributed by atoms with E-state index in [1.54, 1.807) is 0 Å². The predicted molar refractivity (Wildman–Crippen MR) is 77.2 cm³/mol. The second-order valence-electron chi connectivity index (χ2n) is 4.81. The van der Waals surface area contributed by atoms with E-state index in [4.69, 9.17) is 12.2 Å². The van der Waals surface area contributed by atoms with Gasteiger partial charge < -0.3 is 9.55 Å². The highest BCUT2D eigenvalue weighted by atomic mass is 32.2. The molecule has 5 heteroatoms. The number of aromatic nitrogens is 3. The zero-order chi connectivity index (χ0) is 12.6. The molecule has 0 aromatic carbocycles. The quantitative estimate of drug-likeness (QED) is 0.864. The van der Waals surface area contributed by atoms with Crippen LogP contribution in [0.5, 0.6) is 0 Å². The first-order valence-corrected chi connectivity index (χ1v) is 7.17. The van der Waals surface area contributed by atoms with E-state index in [1.807, 2.05) is 24.0 Å². The first kappa shape index (κ1) is 12.6. The highest BCUT2D eigenvalue weighted by molar-refractivity contribution is 7.99. The van der Waals surface area contributed by atoms with E-state index in [0.717, 1.165) is 22.5 Å². The molecule has 0 aliphatic heterocycles. The van der Waals surface area contributed by atoms with Gasteiger partial charge in [-0.1, -0.05) is 0 Å². The molecule has 92 valence electrons. The van der Waals surface area contributed by atoms with Gasteiger partial charge in [-0.2, -0.15) is 11.8 Å². The Balaban J connectivity index is 2.58. The number of thioether (sulfide) groups is 1. The summed E-state index contributed by atoms with van der Waals surface area (Å²) < 4.78 is 3.00. The molecule has 2 rings (SSSR count). The summed E-state index contributed by atoms with van der Waals surface area (Å²) in [6, 6.07) is 2.00. The third-order valence-electron chi connectivity index (χ3n) is 2.96. The molecule has 2 aromatic heterocycles. The summed E-state index contributed by atoms with van der Waals surface area (Å²) in [5.74, 6) is 0. The molecule has 0 aliphatic carbocycles. The number of aryl methyl sites for hydroxylation is 1. The normalized spacial score (nSPS) is 12.2. The molecule has 0 saturated heterocycles. The van der Waals surface area contributed by atoms with E-state index < -0.39 is 0 Å². The second kappa shape index (κ2) is 4.46. The van der Waals surface area contributed by atoms with E-state index >= 15 is 0 Å². The van der Waals surface area contributed by atoms with Gasteiger partial charge >= 0.3 is 0 Å². The summed E-state index contributed by atoms with van der Waals surface area (Å²) in [6.07, 6.45) is 3.96. The third kappa shape index (κ3) is 2.40. The smallest absolute Gasteiger partial charge is 0.179 e. The molecular weight excluding hydrogens is 250 g/mol. The van der Waals surface area contributed by atoms with Crippen LogP contribution in [0.2, 0.25) is 0 Å². The Kier molecular flexibility index (Phi) is 3.32. The van der Waals surface area contributed by atoms with Crippen LogP contribution in [-0.2, 0) is 6.54 Å². The number of imidazole rings is 1. The van der Waals surface area contributed by atoms with Crippen molar-refractivity contribution in [2.24, 2.45) is 0 Å². The van der Waals surface area contributed by atoms with Crippen LogP contribution < -0.4 is 0 Å². The number of fused-ring (bicyclic) bond motifs is 1. The van der Waals surface area contributed by atoms with Crippen LogP contribution in [0.25, 0.3) is 11.2 Å². The number of hydrogen-bond acceptors (Lipinski definition) is 3. The molecule has 2 heterocycles. The van der Waals surface area contributed by atoms with Crippen molar-refractivity contribution in [3.8, 4) is 0 Å². The second-order valence-corrected chi connectivity index (χ2v) is 6.71. The number of H-pyrrole nitrogens is 1. The van der Waals surface area contributed by atoms with Gasteiger partial charge in [-0.25, -0.2) is 4.98 Å². The van der Waals surface area contributed by atoms with Crippen molar-refractivity contribution in [3.63, 3.8) is 0 Å². The van der Waals surface area contributed by atoms with Gasteiger partial charge in [0.15, 0.2) is 10.4 Å². The topological polar surface area (TPSA) is 33.6 Å². The summed E-state index contributed by atoms with van der Waals surface area (Å²) in [4.78, 5) is 7.69. The van der Waals surface area contributed by atoms with Crippen LogP contribution in [0, 0.1) is 11.7 Å². The number of nitrogens with one attached hydrogen (secondary N) is 1. The fraction of sp³-hybridized carbons (Fsp3) is 0.500. The van der Waals surface area contributed by atoms with Crippen molar-refractivity contribution in [1.82, 2.24) is 14.5 Å². The van der Waals surface area contributed by atoms with Gasteiger partial charge in [-0.05, 0) is 50.9 Å². The van der Waals surface area contributed by atoms with Gasteiger partial charge in [0.1, 0.15) is 0 Å². The van der Waals surface area contributed by atoms with Crippen molar-refractivity contribution in [3.05, 3.63) is 22.6 Å². The van der Waals surface area contributed by atoms with Crippen LogP contribution in [0.1, 0.15) is 19.4 Å². The summed E-state index contributed by atoms with van der Waals surface area (Å²) in [6.45, 7) is 7.37. The molecule has 0 radical (unpaired) electrons. The average Bonchev–Trinajstić information content (AvgIpc) is 2.58. The molecule has 0 spiro atoms. The van der Waals surface area contributed by atoms with Crippen molar-refractivity contribution < 1.29 is 0 Å². The van der Waals surface area contributed by atoms with Crippen LogP contribution >= 0.6 is 24.0 Å². The molecule has 2 aromatic rings. The van der Waals surface area contributed by atoms with Gasteiger partial charge in [-0.15, -0.1) is 0 Å². The van der Waals surface area contributed by atoms with E-state index in [0.29, 0.717) is 0 Å².